The average molecular weight is 342 g/mol. The first-order chi connectivity index (χ1) is 12.2. The Balaban J connectivity index is 1.54. The molecule has 1 atom stereocenters. The number of hydrogen-bond acceptors (Lipinski definition) is 5. The fraction of sp³-hybridized carbons (Fsp3) is 0.444. The third kappa shape index (κ3) is 4.21. The van der Waals surface area contributed by atoms with Gasteiger partial charge in [0.2, 0.25) is 17.7 Å². The molecule has 0 aliphatic heterocycles. The smallest absolute Gasteiger partial charge is 0.221 e. The molecule has 1 aromatic carbocycles. The third-order valence-electron chi connectivity index (χ3n) is 4.40. The van der Waals surface area contributed by atoms with E-state index in [4.69, 9.17) is 4.42 Å². The molecule has 1 amide bonds. The van der Waals surface area contributed by atoms with Gasteiger partial charge in [-0.15, -0.1) is 10.2 Å². The maximum Gasteiger partial charge on any atom is 0.221 e. The predicted octanol–water partition coefficient (Wildman–Crippen LogP) is 3.18. The lowest BCUT2D eigenvalue weighted by molar-refractivity contribution is -0.121. The highest BCUT2D eigenvalue weighted by molar-refractivity contribution is 5.77. The second kappa shape index (κ2) is 7.88. The molecule has 7 heteroatoms. The number of carbonyl (C=O) groups excluding carboxylic acids is 1. The first kappa shape index (κ1) is 17.1. The maximum absolute atomic E-state index is 13.7. The topological polar surface area (TPSA) is 91.8 Å². The fourth-order valence-electron chi connectivity index (χ4n) is 3.05. The summed E-state index contributed by atoms with van der Waals surface area (Å²) in [6.07, 6.45) is 4.87. The number of amides is 1. The van der Waals surface area contributed by atoms with Gasteiger partial charge < -0.3 is 9.73 Å². The second-order valence-electron chi connectivity index (χ2n) is 6.17. The van der Waals surface area contributed by atoms with Crippen LogP contribution in [0.4, 0.5) is 4.39 Å². The van der Waals surface area contributed by atoms with E-state index >= 15 is 0 Å². The van der Waals surface area contributed by atoms with Gasteiger partial charge in [-0.1, -0.05) is 31.0 Å². The van der Waals surface area contributed by atoms with Crippen molar-refractivity contribution in [1.29, 1.82) is 5.26 Å². The minimum absolute atomic E-state index is 0.0962. The molecule has 1 fully saturated rings. The number of hydrogen-bond donors (Lipinski definition) is 1. The van der Waals surface area contributed by atoms with Crippen molar-refractivity contribution in [2.75, 3.05) is 0 Å². The van der Waals surface area contributed by atoms with Gasteiger partial charge >= 0.3 is 0 Å². The van der Waals surface area contributed by atoms with Crippen molar-refractivity contribution < 1.29 is 13.6 Å². The molecule has 0 saturated heterocycles. The van der Waals surface area contributed by atoms with E-state index < -0.39 is 11.9 Å². The highest BCUT2D eigenvalue weighted by Crippen LogP contribution is 2.33. The number of carbonyl (C=O) groups is 1. The Hall–Kier alpha value is -2.75. The van der Waals surface area contributed by atoms with Crippen LogP contribution in [-0.4, -0.2) is 16.1 Å². The van der Waals surface area contributed by atoms with Gasteiger partial charge in [0.05, 0.1) is 6.07 Å². The lowest BCUT2D eigenvalue weighted by atomic mass is 10.1. The van der Waals surface area contributed by atoms with Crippen molar-refractivity contribution >= 4 is 5.91 Å². The summed E-state index contributed by atoms with van der Waals surface area (Å²) in [4.78, 5) is 12.1. The highest BCUT2D eigenvalue weighted by atomic mass is 19.1. The van der Waals surface area contributed by atoms with Crippen LogP contribution in [0.25, 0.3) is 0 Å². The maximum atomic E-state index is 13.7. The van der Waals surface area contributed by atoms with Crippen LogP contribution in [0.3, 0.4) is 0 Å². The lowest BCUT2D eigenvalue weighted by Crippen LogP contribution is -2.28. The Morgan fingerprint density at radius 1 is 1.36 bits per heavy atom. The molecule has 6 nitrogen and oxygen atoms in total. The van der Waals surface area contributed by atoms with Gasteiger partial charge in [0.15, 0.2) is 0 Å². The summed E-state index contributed by atoms with van der Waals surface area (Å²) < 4.78 is 19.4. The molecule has 1 aliphatic rings. The molecule has 3 rings (SSSR count). The van der Waals surface area contributed by atoms with Crippen LogP contribution in [0.5, 0.6) is 0 Å². The molecule has 0 radical (unpaired) electrons. The molecule has 1 heterocycles. The zero-order valence-corrected chi connectivity index (χ0v) is 13.7. The van der Waals surface area contributed by atoms with Crippen LogP contribution in [0.1, 0.15) is 61.4 Å². The van der Waals surface area contributed by atoms with Crippen molar-refractivity contribution in [2.45, 2.75) is 50.5 Å². The first-order valence-corrected chi connectivity index (χ1v) is 8.43. The van der Waals surface area contributed by atoms with Gasteiger partial charge in [-0.3, -0.25) is 4.79 Å². The Labute approximate surface area is 145 Å². The Bertz CT molecular complexity index is 777. The van der Waals surface area contributed by atoms with Gasteiger partial charge in [0, 0.05) is 24.3 Å². The molecular weight excluding hydrogens is 323 g/mol. The molecule has 0 spiro atoms. The molecule has 1 N–H and O–H groups in total. The summed E-state index contributed by atoms with van der Waals surface area (Å²) in [6, 6.07) is 6.78. The van der Waals surface area contributed by atoms with E-state index in [1.54, 1.807) is 6.07 Å². The molecule has 1 saturated carbocycles. The summed E-state index contributed by atoms with van der Waals surface area (Å²) in [5, 5.41) is 19.8. The van der Waals surface area contributed by atoms with Crippen molar-refractivity contribution in [1.82, 2.24) is 15.5 Å². The standard InChI is InChI=1S/C18H19FN4O2/c19-14-8-4-3-7-13(14)15(11-20)21-16(24)9-10-17-22-23-18(25-17)12-5-1-2-6-12/h3-4,7-8,12,15H,1-2,5-6,9-10H2,(H,21,24)/t15-/m0/s1. The van der Waals surface area contributed by atoms with Crippen LogP contribution in [0.15, 0.2) is 28.7 Å². The summed E-state index contributed by atoms with van der Waals surface area (Å²) >= 11 is 0. The van der Waals surface area contributed by atoms with E-state index in [9.17, 15) is 14.4 Å². The van der Waals surface area contributed by atoms with Gasteiger partial charge in [0.1, 0.15) is 11.9 Å². The number of halogens is 1. The summed E-state index contributed by atoms with van der Waals surface area (Å²) in [5.74, 6) is 0.507. The summed E-state index contributed by atoms with van der Waals surface area (Å²) in [6.45, 7) is 0. The van der Waals surface area contributed by atoms with Crippen LogP contribution < -0.4 is 5.32 Å². The van der Waals surface area contributed by atoms with Crippen LogP contribution >= 0.6 is 0 Å². The van der Waals surface area contributed by atoms with E-state index in [-0.39, 0.29) is 17.9 Å². The zero-order valence-electron chi connectivity index (χ0n) is 13.7. The molecule has 25 heavy (non-hydrogen) atoms. The number of rotatable bonds is 6. The average Bonchev–Trinajstić information content (AvgIpc) is 3.29. The van der Waals surface area contributed by atoms with Crippen molar-refractivity contribution in [2.24, 2.45) is 0 Å². The van der Waals surface area contributed by atoms with Gasteiger partial charge in [-0.25, -0.2) is 4.39 Å². The first-order valence-electron chi connectivity index (χ1n) is 8.43. The molecule has 0 unspecified atom stereocenters. The summed E-state index contributed by atoms with van der Waals surface area (Å²) in [5.41, 5.74) is 0.152. The normalized spacial score (nSPS) is 15.7. The molecular formula is C18H19FN4O2. The molecule has 1 aromatic heterocycles. The molecule has 0 bridgehead atoms. The van der Waals surface area contributed by atoms with E-state index in [1.165, 1.54) is 31.0 Å². The minimum Gasteiger partial charge on any atom is -0.425 e. The number of aryl methyl sites for hydroxylation is 1. The van der Waals surface area contributed by atoms with Crippen molar-refractivity contribution in [3.63, 3.8) is 0 Å². The quantitative estimate of drug-likeness (QED) is 0.870. The number of benzene rings is 1. The monoisotopic (exact) mass is 342 g/mol. The Morgan fingerprint density at radius 2 is 2.12 bits per heavy atom. The van der Waals surface area contributed by atoms with E-state index in [2.05, 4.69) is 15.5 Å². The summed E-state index contributed by atoms with van der Waals surface area (Å²) in [7, 11) is 0. The van der Waals surface area contributed by atoms with E-state index in [1.807, 2.05) is 6.07 Å². The van der Waals surface area contributed by atoms with Crippen molar-refractivity contribution in [3.05, 3.63) is 47.4 Å². The molecule has 2 aromatic rings. The zero-order chi connectivity index (χ0) is 17.6. The van der Waals surface area contributed by atoms with Crippen LogP contribution in [-0.2, 0) is 11.2 Å². The fourth-order valence-corrected chi connectivity index (χ4v) is 3.05. The highest BCUT2D eigenvalue weighted by Gasteiger charge is 2.23. The van der Waals surface area contributed by atoms with Crippen LogP contribution in [0.2, 0.25) is 0 Å². The van der Waals surface area contributed by atoms with Crippen LogP contribution in [0, 0.1) is 17.1 Å². The predicted molar refractivity (Wildman–Crippen MR) is 86.7 cm³/mol. The van der Waals surface area contributed by atoms with Crippen molar-refractivity contribution in [3.8, 4) is 6.07 Å². The largest absolute Gasteiger partial charge is 0.425 e. The van der Waals surface area contributed by atoms with Gasteiger partial charge in [-0.2, -0.15) is 5.26 Å². The Kier molecular flexibility index (Phi) is 5.39. The van der Waals surface area contributed by atoms with E-state index in [0.29, 0.717) is 24.1 Å². The number of nitriles is 1. The SMILES string of the molecule is N#C[C@H](NC(=O)CCc1nnc(C2CCCC2)o1)c1ccccc1F. The minimum atomic E-state index is -1.02. The van der Waals surface area contributed by atoms with Gasteiger partial charge in [0.25, 0.3) is 0 Å². The second-order valence-corrected chi connectivity index (χ2v) is 6.17. The third-order valence-corrected chi connectivity index (χ3v) is 4.40. The number of aromatic nitrogens is 2. The number of nitrogens with one attached hydrogen (secondary N) is 1. The molecule has 130 valence electrons. The Morgan fingerprint density at radius 3 is 2.84 bits per heavy atom. The lowest BCUT2D eigenvalue weighted by Gasteiger charge is -2.12. The van der Waals surface area contributed by atoms with Gasteiger partial charge in [-0.05, 0) is 18.9 Å². The van der Waals surface area contributed by atoms with E-state index in [0.717, 1.165) is 12.8 Å². The number of nitrogens with zero attached hydrogens (tertiary/aromatic N) is 3. The molecule has 1 aliphatic carbocycles.